The first-order valence-corrected chi connectivity index (χ1v) is 12.9. The van der Waals surface area contributed by atoms with E-state index in [0.29, 0.717) is 47.6 Å². The summed E-state index contributed by atoms with van der Waals surface area (Å²) in [5.74, 6) is 0.323. The first kappa shape index (κ1) is 25.3. The highest BCUT2D eigenvalue weighted by Crippen LogP contribution is 2.37. The van der Waals surface area contributed by atoms with Crippen LogP contribution in [0.3, 0.4) is 0 Å². The summed E-state index contributed by atoms with van der Waals surface area (Å²) in [6, 6.07) is 3.26. The van der Waals surface area contributed by atoms with Crippen molar-refractivity contribution in [1.29, 1.82) is 0 Å². The van der Waals surface area contributed by atoms with Crippen LogP contribution in [-0.2, 0) is 11.2 Å². The number of pyridine rings is 1. The molecule has 12 heteroatoms. The third kappa shape index (κ3) is 5.79. The number of hydrogen-bond acceptors (Lipinski definition) is 8. The first-order valence-electron chi connectivity index (χ1n) is 12.9. The topological polar surface area (TPSA) is 160 Å². The molecule has 38 heavy (non-hydrogen) atoms. The second-order valence-electron chi connectivity index (χ2n) is 9.56. The standard InChI is InChI=1S/C26H30N8O4/c1-16-13-18(14-28-23(16)25-33-32-21(38-25)9-3-2-4-10-22(35)36)30-26(37)31-19-15-27-20-11-12-29-34(20)24(19)17-7-5-6-8-17/h11-15,17H,2-10H2,1H3,(H,35,36)(H2,30,31,37). The summed E-state index contributed by atoms with van der Waals surface area (Å²) in [5, 5.41) is 27.1. The van der Waals surface area contributed by atoms with E-state index in [4.69, 9.17) is 9.52 Å². The van der Waals surface area contributed by atoms with Gasteiger partial charge >= 0.3 is 12.0 Å². The maximum atomic E-state index is 12.9. The van der Waals surface area contributed by atoms with E-state index in [2.05, 4.69) is 35.9 Å². The van der Waals surface area contributed by atoms with Crippen LogP contribution in [0.15, 0.2) is 35.1 Å². The molecule has 3 N–H and O–H groups in total. The van der Waals surface area contributed by atoms with Crippen molar-refractivity contribution in [3.63, 3.8) is 0 Å². The lowest BCUT2D eigenvalue weighted by Gasteiger charge is -2.17. The lowest BCUT2D eigenvalue weighted by molar-refractivity contribution is -0.137. The van der Waals surface area contributed by atoms with Gasteiger partial charge in [-0.3, -0.25) is 4.79 Å². The minimum atomic E-state index is -0.788. The number of nitrogens with zero attached hydrogens (tertiary/aromatic N) is 6. The molecule has 1 aliphatic carbocycles. The van der Waals surface area contributed by atoms with Gasteiger partial charge in [-0.15, -0.1) is 10.2 Å². The van der Waals surface area contributed by atoms with Gasteiger partial charge in [0.05, 0.1) is 35.7 Å². The molecule has 0 aromatic carbocycles. The Kier molecular flexibility index (Phi) is 7.57. The maximum absolute atomic E-state index is 12.9. The van der Waals surface area contributed by atoms with E-state index < -0.39 is 12.0 Å². The highest BCUT2D eigenvalue weighted by Gasteiger charge is 2.25. The summed E-state index contributed by atoms with van der Waals surface area (Å²) in [6.45, 7) is 1.86. The van der Waals surface area contributed by atoms with Gasteiger partial charge in [-0.05, 0) is 44.2 Å². The molecule has 1 aliphatic rings. The third-order valence-corrected chi connectivity index (χ3v) is 6.73. The van der Waals surface area contributed by atoms with Gasteiger partial charge in [0.15, 0.2) is 5.65 Å². The van der Waals surface area contributed by atoms with Gasteiger partial charge in [-0.2, -0.15) is 5.10 Å². The van der Waals surface area contributed by atoms with Crippen LogP contribution in [0.5, 0.6) is 0 Å². The van der Waals surface area contributed by atoms with E-state index in [-0.39, 0.29) is 6.42 Å². The second-order valence-corrected chi connectivity index (χ2v) is 9.56. The zero-order valence-corrected chi connectivity index (χ0v) is 21.2. The summed E-state index contributed by atoms with van der Waals surface area (Å²) in [7, 11) is 0. The number of nitrogens with one attached hydrogen (secondary N) is 2. The van der Waals surface area contributed by atoms with Gasteiger partial charge in [0.2, 0.25) is 5.89 Å². The third-order valence-electron chi connectivity index (χ3n) is 6.73. The van der Waals surface area contributed by atoms with Crippen LogP contribution >= 0.6 is 0 Å². The Labute approximate surface area is 218 Å². The number of aliphatic carboxylic acids is 1. The monoisotopic (exact) mass is 518 g/mol. The number of carboxylic acids is 1. The van der Waals surface area contributed by atoms with Crippen molar-refractivity contribution in [2.24, 2.45) is 0 Å². The minimum absolute atomic E-state index is 0.161. The molecule has 2 amide bonds. The number of rotatable bonds is 10. The van der Waals surface area contributed by atoms with E-state index >= 15 is 0 Å². The number of fused-ring (bicyclic) bond motifs is 1. The lowest BCUT2D eigenvalue weighted by atomic mass is 10.0. The number of aromatic nitrogens is 6. The Morgan fingerprint density at radius 1 is 1.11 bits per heavy atom. The number of carbonyl (C=O) groups is 2. The van der Waals surface area contributed by atoms with Gasteiger partial charge in [0.1, 0.15) is 5.69 Å². The number of carboxylic acid groups (broad SMARTS) is 1. The summed E-state index contributed by atoms with van der Waals surface area (Å²) in [4.78, 5) is 32.4. The van der Waals surface area contributed by atoms with Crippen LogP contribution in [0, 0.1) is 6.92 Å². The fourth-order valence-electron chi connectivity index (χ4n) is 4.91. The number of aryl methyl sites for hydroxylation is 2. The molecular weight excluding hydrogens is 488 g/mol. The van der Waals surface area contributed by atoms with Crippen LogP contribution in [0.4, 0.5) is 16.2 Å². The molecule has 0 radical (unpaired) electrons. The molecular formula is C26H30N8O4. The molecule has 0 unspecified atom stereocenters. The molecule has 4 heterocycles. The van der Waals surface area contributed by atoms with Crippen molar-refractivity contribution in [3.05, 3.63) is 47.9 Å². The van der Waals surface area contributed by atoms with Gasteiger partial charge in [0, 0.05) is 24.8 Å². The number of unbranched alkanes of at least 4 members (excludes halogenated alkanes) is 2. The number of amides is 2. The number of anilines is 2. The summed E-state index contributed by atoms with van der Waals surface area (Å²) in [5.41, 5.74) is 4.22. The first-order chi connectivity index (χ1) is 18.5. The summed E-state index contributed by atoms with van der Waals surface area (Å²) in [6.07, 6.45) is 12.3. The SMILES string of the molecule is Cc1cc(NC(=O)Nc2cnc3ccnn3c2C2CCCC2)cnc1-c1nnc(CCCCCC(=O)O)o1. The minimum Gasteiger partial charge on any atom is -0.481 e. The molecule has 0 aliphatic heterocycles. The Morgan fingerprint density at radius 2 is 1.95 bits per heavy atom. The van der Waals surface area contributed by atoms with Gasteiger partial charge < -0.3 is 20.2 Å². The molecule has 0 saturated heterocycles. The molecule has 0 bridgehead atoms. The van der Waals surface area contributed by atoms with E-state index in [1.165, 1.54) is 0 Å². The molecule has 4 aromatic heterocycles. The number of urea groups is 1. The van der Waals surface area contributed by atoms with E-state index in [1.54, 1.807) is 24.7 Å². The summed E-state index contributed by atoms with van der Waals surface area (Å²) >= 11 is 0. The summed E-state index contributed by atoms with van der Waals surface area (Å²) < 4.78 is 7.57. The van der Waals surface area contributed by atoms with E-state index in [1.807, 2.05) is 17.5 Å². The average Bonchev–Trinajstić information content (AvgIpc) is 3.66. The van der Waals surface area contributed by atoms with Crippen LogP contribution < -0.4 is 10.6 Å². The molecule has 0 atom stereocenters. The Balaban J connectivity index is 1.22. The normalized spacial score (nSPS) is 13.7. The predicted molar refractivity (Wildman–Crippen MR) is 139 cm³/mol. The van der Waals surface area contributed by atoms with Crippen molar-refractivity contribution >= 4 is 29.0 Å². The van der Waals surface area contributed by atoms with Crippen LogP contribution in [-0.4, -0.2) is 46.9 Å². The number of carbonyl (C=O) groups excluding carboxylic acids is 1. The van der Waals surface area contributed by atoms with Crippen molar-refractivity contribution in [1.82, 2.24) is 29.8 Å². The largest absolute Gasteiger partial charge is 0.481 e. The Bertz CT molecular complexity index is 1440. The molecule has 5 rings (SSSR count). The van der Waals surface area contributed by atoms with Crippen LogP contribution in [0.2, 0.25) is 0 Å². The average molecular weight is 519 g/mol. The maximum Gasteiger partial charge on any atom is 0.323 e. The lowest BCUT2D eigenvalue weighted by Crippen LogP contribution is -2.22. The fourth-order valence-corrected chi connectivity index (χ4v) is 4.91. The molecule has 4 aromatic rings. The smallest absolute Gasteiger partial charge is 0.323 e. The zero-order valence-electron chi connectivity index (χ0n) is 21.2. The van der Waals surface area contributed by atoms with Gasteiger partial charge in [-0.1, -0.05) is 19.3 Å². The van der Waals surface area contributed by atoms with Gasteiger partial charge in [-0.25, -0.2) is 19.3 Å². The van der Waals surface area contributed by atoms with Crippen LogP contribution in [0.1, 0.15) is 74.4 Å². The second kappa shape index (κ2) is 11.4. The van der Waals surface area contributed by atoms with Gasteiger partial charge in [0.25, 0.3) is 5.89 Å². The highest BCUT2D eigenvalue weighted by atomic mass is 16.4. The van der Waals surface area contributed by atoms with Crippen molar-refractivity contribution in [2.45, 2.75) is 70.6 Å². The van der Waals surface area contributed by atoms with Crippen molar-refractivity contribution < 1.29 is 19.1 Å². The molecule has 0 spiro atoms. The van der Waals surface area contributed by atoms with Crippen molar-refractivity contribution in [2.75, 3.05) is 10.6 Å². The molecule has 198 valence electrons. The van der Waals surface area contributed by atoms with E-state index in [9.17, 15) is 9.59 Å². The Morgan fingerprint density at radius 3 is 2.74 bits per heavy atom. The predicted octanol–water partition coefficient (Wildman–Crippen LogP) is 4.97. The highest BCUT2D eigenvalue weighted by molar-refractivity contribution is 6.00. The molecule has 12 nitrogen and oxygen atoms in total. The molecule has 1 saturated carbocycles. The number of hydrogen-bond donors (Lipinski definition) is 3. The van der Waals surface area contributed by atoms with E-state index in [0.717, 1.165) is 55.4 Å². The quantitative estimate of drug-likeness (QED) is 0.246. The Hall–Kier alpha value is -4.35. The zero-order chi connectivity index (χ0) is 26.5. The van der Waals surface area contributed by atoms with Crippen LogP contribution in [0.25, 0.3) is 17.2 Å². The molecule has 1 fully saturated rings. The fraction of sp³-hybridized carbons (Fsp3) is 0.423. The van der Waals surface area contributed by atoms with Crippen molar-refractivity contribution in [3.8, 4) is 11.6 Å².